The van der Waals surface area contributed by atoms with Gasteiger partial charge in [0.2, 0.25) is 11.8 Å². The van der Waals surface area contributed by atoms with Crippen LogP contribution in [-0.2, 0) is 29.0 Å². The second-order valence-electron chi connectivity index (χ2n) is 8.04. The molecule has 3 aromatic rings. The van der Waals surface area contributed by atoms with Crippen LogP contribution in [0.3, 0.4) is 0 Å². The van der Waals surface area contributed by atoms with E-state index in [4.69, 9.17) is 23.2 Å². The standard InChI is InChI=1S/C27H28Cl2N2O2/c1-3-30-27(33)25(16-20-9-5-4-6-10-20)31(18-22-12-13-23(28)24(29)15-22)26(32)17-21-11-7-8-19(2)14-21/h4-15,25H,3,16-18H2,1-2H3,(H,30,33)/t25-/m0/s1. The van der Waals surface area contributed by atoms with Crippen molar-refractivity contribution in [2.45, 2.75) is 39.3 Å². The zero-order chi connectivity index (χ0) is 23.8. The van der Waals surface area contributed by atoms with E-state index in [1.54, 1.807) is 17.0 Å². The number of benzene rings is 3. The van der Waals surface area contributed by atoms with E-state index >= 15 is 0 Å². The van der Waals surface area contributed by atoms with Crippen LogP contribution in [0.4, 0.5) is 0 Å². The predicted molar refractivity (Wildman–Crippen MR) is 135 cm³/mol. The summed E-state index contributed by atoms with van der Waals surface area (Å²) in [5.74, 6) is -0.308. The highest BCUT2D eigenvalue weighted by molar-refractivity contribution is 6.42. The highest BCUT2D eigenvalue weighted by atomic mass is 35.5. The molecule has 4 nitrogen and oxygen atoms in total. The fourth-order valence-electron chi connectivity index (χ4n) is 3.78. The second-order valence-corrected chi connectivity index (χ2v) is 8.85. The van der Waals surface area contributed by atoms with Crippen LogP contribution in [0.25, 0.3) is 0 Å². The normalized spacial score (nSPS) is 11.6. The van der Waals surface area contributed by atoms with Crippen LogP contribution in [0.1, 0.15) is 29.2 Å². The van der Waals surface area contributed by atoms with Gasteiger partial charge in [-0.1, -0.05) is 89.4 Å². The second kappa shape index (κ2) is 11.9. The van der Waals surface area contributed by atoms with Gasteiger partial charge in [-0.3, -0.25) is 9.59 Å². The number of carbonyl (C=O) groups is 2. The number of nitrogens with one attached hydrogen (secondary N) is 1. The number of carbonyl (C=O) groups excluding carboxylic acids is 2. The minimum Gasteiger partial charge on any atom is -0.355 e. The highest BCUT2D eigenvalue weighted by Gasteiger charge is 2.30. The minimum absolute atomic E-state index is 0.126. The third-order valence-corrected chi connectivity index (χ3v) is 6.14. The van der Waals surface area contributed by atoms with Gasteiger partial charge in [0.25, 0.3) is 0 Å². The molecule has 0 spiro atoms. The molecule has 0 aromatic heterocycles. The van der Waals surface area contributed by atoms with Crippen molar-refractivity contribution in [1.82, 2.24) is 10.2 Å². The third kappa shape index (κ3) is 7.08. The van der Waals surface area contributed by atoms with E-state index in [9.17, 15) is 9.59 Å². The number of hydrogen-bond acceptors (Lipinski definition) is 2. The lowest BCUT2D eigenvalue weighted by molar-refractivity contribution is -0.140. The Morgan fingerprint density at radius 1 is 0.879 bits per heavy atom. The van der Waals surface area contributed by atoms with Crippen molar-refractivity contribution in [3.05, 3.63) is 105 Å². The highest BCUT2D eigenvalue weighted by Crippen LogP contribution is 2.24. The number of likely N-dealkylation sites (N-methyl/N-ethyl adjacent to an activating group) is 1. The van der Waals surface area contributed by atoms with Gasteiger partial charge < -0.3 is 10.2 Å². The van der Waals surface area contributed by atoms with E-state index in [-0.39, 0.29) is 24.8 Å². The van der Waals surface area contributed by atoms with Gasteiger partial charge in [0.1, 0.15) is 6.04 Å². The number of aryl methyl sites for hydroxylation is 1. The number of halogens is 2. The summed E-state index contributed by atoms with van der Waals surface area (Å²) in [6, 6.07) is 22.2. The molecule has 3 rings (SSSR count). The molecule has 0 unspecified atom stereocenters. The lowest BCUT2D eigenvalue weighted by Crippen LogP contribution is -2.50. The molecule has 2 amide bonds. The zero-order valence-corrected chi connectivity index (χ0v) is 20.4. The molecule has 0 bridgehead atoms. The van der Waals surface area contributed by atoms with Crippen LogP contribution in [-0.4, -0.2) is 29.3 Å². The molecule has 0 radical (unpaired) electrons. The minimum atomic E-state index is -0.667. The summed E-state index contributed by atoms with van der Waals surface area (Å²) >= 11 is 12.3. The molecule has 0 fully saturated rings. The van der Waals surface area contributed by atoms with Crippen molar-refractivity contribution < 1.29 is 9.59 Å². The van der Waals surface area contributed by atoms with Crippen LogP contribution in [0, 0.1) is 6.92 Å². The van der Waals surface area contributed by atoms with Gasteiger partial charge in [0.05, 0.1) is 16.5 Å². The molecule has 0 aliphatic carbocycles. The maximum atomic E-state index is 13.6. The molecule has 33 heavy (non-hydrogen) atoms. The number of nitrogens with zero attached hydrogens (tertiary/aromatic N) is 1. The van der Waals surface area contributed by atoms with Crippen LogP contribution in [0.15, 0.2) is 72.8 Å². The largest absolute Gasteiger partial charge is 0.355 e. The molecule has 0 heterocycles. The molecule has 172 valence electrons. The molecule has 0 saturated carbocycles. The molecular formula is C27H28Cl2N2O2. The van der Waals surface area contributed by atoms with E-state index < -0.39 is 6.04 Å². The van der Waals surface area contributed by atoms with Gasteiger partial charge in [0.15, 0.2) is 0 Å². The molecule has 1 atom stereocenters. The summed E-state index contributed by atoms with van der Waals surface area (Å²) < 4.78 is 0. The first-order chi connectivity index (χ1) is 15.9. The van der Waals surface area contributed by atoms with Gasteiger partial charge in [-0.05, 0) is 42.7 Å². The van der Waals surface area contributed by atoms with Crippen LogP contribution in [0.2, 0.25) is 10.0 Å². The van der Waals surface area contributed by atoms with Crippen molar-refractivity contribution in [2.24, 2.45) is 0 Å². The number of rotatable bonds is 9. The first-order valence-corrected chi connectivity index (χ1v) is 11.7. The summed E-state index contributed by atoms with van der Waals surface area (Å²) in [6.45, 7) is 4.59. The molecule has 0 aliphatic rings. The van der Waals surface area contributed by atoms with E-state index in [1.807, 2.05) is 74.5 Å². The van der Waals surface area contributed by atoms with Crippen LogP contribution >= 0.6 is 23.2 Å². The van der Waals surface area contributed by atoms with Gasteiger partial charge in [-0.25, -0.2) is 0 Å². The van der Waals surface area contributed by atoms with Crippen molar-refractivity contribution in [2.75, 3.05) is 6.54 Å². The van der Waals surface area contributed by atoms with E-state index in [2.05, 4.69) is 5.32 Å². The Balaban J connectivity index is 1.97. The molecule has 6 heteroatoms. The number of hydrogen-bond donors (Lipinski definition) is 1. The van der Waals surface area contributed by atoms with Gasteiger partial charge in [-0.2, -0.15) is 0 Å². The van der Waals surface area contributed by atoms with Gasteiger partial charge in [-0.15, -0.1) is 0 Å². The summed E-state index contributed by atoms with van der Waals surface area (Å²) in [7, 11) is 0. The first-order valence-electron chi connectivity index (χ1n) is 11.0. The van der Waals surface area contributed by atoms with Gasteiger partial charge in [0, 0.05) is 19.5 Å². The summed E-state index contributed by atoms with van der Waals surface area (Å²) in [4.78, 5) is 28.4. The summed E-state index contributed by atoms with van der Waals surface area (Å²) in [5.41, 5.74) is 3.79. The van der Waals surface area contributed by atoms with Crippen LogP contribution < -0.4 is 5.32 Å². The number of amides is 2. The Morgan fingerprint density at radius 2 is 1.61 bits per heavy atom. The van der Waals surface area contributed by atoms with E-state index in [0.29, 0.717) is 23.0 Å². The lowest BCUT2D eigenvalue weighted by atomic mass is 10.0. The average molecular weight is 483 g/mol. The Kier molecular flexibility index (Phi) is 8.93. The predicted octanol–water partition coefficient (Wildman–Crippen LogP) is 5.62. The maximum absolute atomic E-state index is 13.6. The first kappa shape index (κ1) is 24.8. The van der Waals surface area contributed by atoms with Crippen molar-refractivity contribution in [3.63, 3.8) is 0 Å². The van der Waals surface area contributed by atoms with Crippen molar-refractivity contribution in [1.29, 1.82) is 0 Å². The molecule has 1 N–H and O–H groups in total. The van der Waals surface area contributed by atoms with Crippen molar-refractivity contribution in [3.8, 4) is 0 Å². The fraction of sp³-hybridized carbons (Fsp3) is 0.259. The average Bonchev–Trinajstić information content (AvgIpc) is 2.79. The quantitative estimate of drug-likeness (QED) is 0.430. The Morgan fingerprint density at radius 3 is 2.27 bits per heavy atom. The topological polar surface area (TPSA) is 49.4 Å². The Hall–Kier alpha value is -2.82. The smallest absolute Gasteiger partial charge is 0.243 e. The van der Waals surface area contributed by atoms with Crippen molar-refractivity contribution >= 4 is 35.0 Å². The zero-order valence-electron chi connectivity index (χ0n) is 18.9. The monoisotopic (exact) mass is 482 g/mol. The lowest BCUT2D eigenvalue weighted by Gasteiger charge is -2.31. The molecule has 0 saturated heterocycles. The van der Waals surface area contributed by atoms with E-state index in [0.717, 1.165) is 22.3 Å². The SMILES string of the molecule is CCNC(=O)[C@H](Cc1ccccc1)N(Cc1ccc(Cl)c(Cl)c1)C(=O)Cc1cccc(C)c1. The Bertz CT molecular complexity index is 1100. The summed E-state index contributed by atoms with van der Waals surface area (Å²) in [6.07, 6.45) is 0.612. The molecular weight excluding hydrogens is 455 g/mol. The molecule has 0 aliphatic heterocycles. The molecule has 3 aromatic carbocycles. The van der Waals surface area contributed by atoms with Gasteiger partial charge >= 0.3 is 0 Å². The fourth-order valence-corrected chi connectivity index (χ4v) is 4.10. The summed E-state index contributed by atoms with van der Waals surface area (Å²) in [5, 5.41) is 3.76. The Labute approximate surface area is 205 Å². The third-order valence-electron chi connectivity index (χ3n) is 5.40. The maximum Gasteiger partial charge on any atom is 0.243 e. The van der Waals surface area contributed by atoms with E-state index in [1.165, 1.54) is 0 Å². The van der Waals surface area contributed by atoms with Crippen LogP contribution in [0.5, 0.6) is 0 Å².